The first-order valence-electron chi connectivity index (χ1n) is 9.95. The van der Waals surface area contributed by atoms with Crippen molar-refractivity contribution in [3.8, 4) is 0 Å². The molecule has 3 N–H and O–H groups in total. The molecule has 156 valence electrons. The van der Waals surface area contributed by atoms with Crippen molar-refractivity contribution in [2.75, 3.05) is 70.2 Å². The van der Waals surface area contributed by atoms with Gasteiger partial charge in [0.05, 0.1) is 18.8 Å². The van der Waals surface area contributed by atoms with Crippen LogP contribution in [0.4, 0.5) is 16.2 Å². The summed E-state index contributed by atoms with van der Waals surface area (Å²) in [5.41, 5.74) is 1.94. The van der Waals surface area contributed by atoms with Gasteiger partial charge in [0.2, 0.25) is 0 Å². The zero-order chi connectivity index (χ0) is 20.4. The van der Waals surface area contributed by atoms with Crippen LogP contribution in [0.25, 0.3) is 0 Å². The van der Waals surface area contributed by atoms with Gasteiger partial charge in [0.1, 0.15) is 0 Å². The molecule has 8 heteroatoms. The van der Waals surface area contributed by atoms with E-state index in [0.717, 1.165) is 51.4 Å². The van der Waals surface area contributed by atoms with E-state index in [4.69, 9.17) is 4.74 Å². The van der Waals surface area contributed by atoms with Crippen LogP contribution in [0.3, 0.4) is 0 Å². The summed E-state index contributed by atoms with van der Waals surface area (Å²) in [7, 11) is 3.79. The Hall–Kier alpha value is -2.32. The predicted molar refractivity (Wildman–Crippen MR) is 112 cm³/mol. The summed E-state index contributed by atoms with van der Waals surface area (Å²) in [5, 5.41) is 8.60. The molecule has 8 nitrogen and oxygen atoms in total. The van der Waals surface area contributed by atoms with Crippen LogP contribution in [-0.4, -0.2) is 76.9 Å². The molecule has 0 atom stereocenters. The average Bonchev–Trinajstić information content (AvgIpc) is 2.68. The van der Waals surface area contributed by atoms with Gasteiger partial charge in [-0.1, -0.05) is 13.3 Å². The maximum Gasteiger partial charge on any atom is 0.319 e. The second-order valence-electron chi connectivity index (χ2n) is 7.07. The predicted octanol–water partition coefficient (Wildman–Crippen LogP) is 1.74. The van der Waals surface area contributed by atoms with E-state index in [1.165, 1.54) is 0 Å². The van der Waals surface area contributed by atoms with Gasteiger partial charge < -0.3 is 25.6 Å². The number of hydrogen-bond donors (Lipinski definition) is 3. The monoisotopic (exact) mass is 391 g/mol. The van der Waals surface area contributed by atoms with Gasteiger partial charge in [-0.15, -0.1) is 0 Å². The number of urea groups is 1. The third kappa shape index (κ3) is 7.01. The summed E-state index contributed by atoms with van der Waals surface area (Å²) < 4.78 is 5.34. The van der Waals surface area contributed by atoms with E-state index < -0.39 is 0 Å². The molecule has 28 heavy (non-hydrogen) atoms. The molecule has 0 spiro atoms. The van der Waals surface area contributed by atoms with Gasteiger partial charge in [0, 0.05) is 58.2 Å². The van der Waals surface area contributed by atoms with Crippen molar-refractivity contribution in [3.63, 3.8) is 0 Å². The molecule has 0 aliphatic carbocycles. The average molecular weight is 392 g/mol. The Bertz CT molecular complexity index is 645. The molecule has 0 saturated carbocycles. The van der Waals surface area contributed by atoms with Crippen molar-refractivity contribution in [1.29, 1.82) is 0 Å². The molecular weight excluding hydrogens is 358 g/mol. The number of anilines is 2. The van der Waals surface area contributed by atoms with Crippen LogP contribution in [0.1, 0.15) is 30.1 Å². The lowest BCUT2D eigenvalue weighted by Crippen LogP contribution is -2.41. The van der Waals surface area contributed by atoms with E-state index >= 15 is 0 Å². The summed E-state index contributed by atoms with van der Waals surface area (Å²) in [6.45, 7) is 7.35. The molecular formula is C20H33N5O3. The standard InChI is InChI=1S/C20H33N5O3/c1-4-5-8-22-20(27)23-16-6-7-18(24(2)3)17(15-16)19(26)21-9-10-25-11-13-28-14-12-25/h6-7,15H,4-5,8-14H2,1-3H3,(H,21,26)(H2,22,23,27). The third-order valence-corrected chi connectivity index (χ3v) is 4.61. The smallest absolute Gasteiger partial charge is 0.319 e. The molecule has 3 amide bonds. The molecule has 2 rings (SSSR count). The van der Waals surface area contributed by atoms with E-state index in [-0.39, 0.29) is 11.9 Å². The second kappa shape index (κ2) is 11.5. The number of rotatable bonds is 9. The van der Waals surface area contributed by atoms with Crippen molar-refractivity contribution in [2.24, 2.45) is 0 Å². The minimum atomic E-state index is -0.260. The Labute approximate surface area is 167 Å². The molecule has 1 fully saturated rings. The molecule has 0 unspecified atom stereocenters. The topological polar surface area (TPSA) is 85.9 Å². The van der Waals surface area contributed by atoms with Crippen LogP contribution in [0, 0.1) is 0 Å². The number of morpholine rings is 1. The molecule has 0 radical (unpaired) electrons. The highest BCUT2D eigenvalue weighted by molar-refractivity contribution is 6.01. The van der Waals surface area contributed by atoms with Crippen LogP contribution in [0.15, 0.2) is 18.2 Å². The Kier molecular flexibility index (Phi) is 9.03. The van der Waals surface area contributed by atoms with E-state index in [0.29, 0.717) is 24.3 Å². The Morgan fingerprint density at radius 1 is 1.14 bits per heavy atom. The largest absolute Gasteiger partial charge is 0.379 e. The minimum Gasteiger partial charge on any atom is -0.379 e. The first-order valence-corrected chi connectivity index (χ1v) is 9.95. The number of carbonyl (C=O) groups excluding carboxylic acids is 2. The van der Waals surface area contributed by atoms with Crippen molar-refractivity contribution >= 4 is 23.3 Å². The number of nitrogens with one attached hydrogen (secondary N) is 3. The lowest BCUT2D eigenvalue weighted by Gasteiger charge is -2.26. The highest BCUT2D eigenvalue weighted by atomic mass is 16.5. The zero-order valence-corrected chi connectivity index (χ0v) is 17.2. The number of ether oxygens (including phenoxy) is 1. The highest BCUT2D eigenvalue weighted by Crippen LogP contribution is 2.23. The van der Waals surface area contributed by atoms with Crippen molar-refractivity contribution < 1.29 is 14.3 Å². The normalized spacial score (nSPS) is 14.4. The SMILES string of the molecule is CCCCNC(=O)Nc1ccc(N(C)C)c(C(=O)NCCN2CCOCC2)c1. The van der Waals surface area contributed by atoms with Crippen molar-refractivity contribution in [2.45, 2.75) is 19.8 Å². The molecule has 0 bridgehead atoms. The van der Waals surface area contributed by atoms with Gasteiger partial charge in [-0.3, -0.25) is 9.69 Å². The summed E-state index contributed by atoms with van der Waals surface area (Å²) in [4.78, 5) is 28.9. The number of benzene rings is 1. The van der Waals surface area contributed by atoms with Crippen molar-refractivity contribution in [3.05, 3.63) is 23.8 Å². The highest BCUT2D eigenvalue weighted by Gasteiger charge is 2.16. The summed E-state index contributed by atoms with van der Waals surface area (Å²) >= 11 is 0. The van der Waals surface area contributed by atoms with E-state index in [2.05, 4.69) is 27.8 Å². The summed E-state index contributed by atoms with van der Waals surface area (Å²) in [5.74, 6) is -0.146. The lowest BCUT2D eigenvalue weighted by molar-refractivity contribution is 0.0383. The third-order valence-electron chi connectivity index (χ3n) is 4.61. The minimum absolute atomic E-state index is 0.146. The van der Waals surface area contributed by atoms with Crippen LogP contribution in [-0.2, 0) is 4.74 Å². The molecule has 1 aliphatic rings. The quantitative estimate of drug-likeness (QED) is 0.558. The zero-order valence-electron chi connectivity index (χ0n) is 17.2. The van der Waals surface area contributed by atoms with Gasteiger partial charge >= 0.3 is 6.03 Å². The van der Waals surface area contributed by atoms with E-state index in [1.807, 2.05) is 25.1 Å². The maximum atomic E-state index is 12.8. The Morgan fingerprint density at radius 3 is 2.57 bits per heavy atom. The number of hydrogen-bond acceptors (Lipinski definition) is 5. The number of carbonyl (C=O) groups is 2. The Balaban J connectivity index is 1.96. The Morgan fingerprint density at radius 2 is 1.89 bits per heavy atom. The second-order valence-corrected chi connectivity index (χ2v) is 7.07. The van der Waals surface area contributed by atoms with Crippen LogP contribution < -0.4 is 20.9 Å². The molecule has 1 aromatic rings. The fraction of sp³-hybridized carbons (Fsp3) is 0.600. The fourth-order valence-corrected chi connectivity index (χ4v) is 2.99. The molecule has 0 aromatic heterocycles. The van der Waals surface area contributed by atoms with Gasteiger partial charge in [-0.05, 0) is 24.6 Å². The first-order chi connectivity index (χ1) is 13.5. The summed E-state index contributed by atoms with van der Waals surface area (Å²) in [6, 6.07) is 5.11. The van der Waals surface area contributed by atoms with Gasteiger partial charge in [-0.25, -0.2) is 4.79 Å². The maximum absolute atomic E-state index is 12.8. The molecule has 1 heterocycles. The van der Waals surface area contributed by atoms with Gasteiger partial charge in [0.15, 0.2) is 0 Å². The lowest BCUT2D eigenvalue weighted by atomic mass is 10.1. The van der Waals surface area contributed by atoms with Crippen molar-refractivity contribution in [1.82, 2.24) is 15.5 Å². The first kappa shape index (κ1) is 22.0. The molecule has 1 saturated heterocycles. The van der Waals surface area contributed by atoms with Crippen LogP contribution in [0.2, 0.25) is 0 Å². The van der Waals surface area contributed by atoms with Gasteiger partial charge in [0.25, 0.3) is 5.91 Å². The van der Waals surface area contributed by atoms with Gasteiger partial charge in [-0.2, -0.15) is 0 Å². The number of unbranched alkanes of at least 4 members (excludes halogenated alkanes) is 1. The number of nitrogens with zero attached hydrogens (tertiary/aromatic N) is 2. The fourth-order valence-electron chi connectivity index (χ4n) is 2.99. The molecule has 1 aromatic carbocycles. The van der Waals surface area contributed by atoms with E-state index in [9.17, 15) is 9.59 Å². The van der Waals surface area contributed by atoms with Crippen LogP contribution in [0.5, 0.6) is 0 Å². The number of amides is 3. The van der Waals surface area contributed by atoms with Crippen LogP contribution >= 0.6 is 0 Å². The van der Waals surface area contributed by atoms with E-state index in [1.54, 1.807) is 12.1 Å². The summed E-state index contributed by atoms with van der Waals surface area (Å²) in [6.07, 6.45) is 1.95. The molecule has 1 aliphatic heterocycles.